The zero-order valence-corrected chi connectivity index (χ0v) is 10.8. The summed E-state index contributed by atoms with van der Waals surface area (Å²) in [6.45, 7) is -0.541. The minimum atomic E-state index is -4.26. The van der Waals surface area contributed by atoms with Crippen molar-refractivity contribution in [3.05, 3.63) is 24.3 Å². The Kier molecular flexibility index (Phi) is 6.15. The van der Waals surface area contributed by atoms with E-state index in [1.165, 1.54) is 24.3 Å². The van der Waals surface area contributed by atoms with Gasteiger partial charge in [-0.25, -0.2) is 9.68 Å². The number of rotatable bonds is 8. The number of hydrogen-bond donors (Lipinski definition) is 3. The Labute approximate surface area is 110 Å². The quantitative estimate of drug-likeness (QED) is 0.437. The second-order valence-electron chi connectivity index (χ2n) is 3.34. The molecule has 108 valence electrons. The lowest BCUT2D eigenvalue weighted by Gasteiger charge is -2.21. The molecule has 0 amide bonds. The van der Waals surface area contributed by atoms with Crippen LogP contribution in [0, 0.1) is 0 Å². The lowest BCUT2D eigenvalue weighted by Crippen LogP contribution is -2.27. The maximum atomic E-state index is 10.9. The third-order valence-electron chi connectivity index (χ3n) is 1.95. The van der Waals surface area contributed by atoms with E-state index in [0.29, 0.717) is 5.69 Å². The van der Waals surface area contributed by atoms with Gasteiger partial charge in [0.2, 0.25) is 0 Å². The summed E-state index contributed by atoms with van der Waals surface area (Å²) in [6.07, 6.45) is 0. The average molecular weight is 293 g/mol. The number of aliphatic hydroxyl groups excluding tert-OH is 2. The molecule has 0 bridgehead atoms. The summed E-state index contributed by atoms with van der Waals surface area (Å²) in [4.78, 5) is 9.82. The summed E-state index contributed by atoms with van der Waals surface area (Å²) in [5.41, 5.74) is 0.342. The average Bonchev–Trinajstić information content (AvgIpc) is 2.38. The molecular formula is C10H15NO7S. The van der Waals surface area contributed by atoms with Gasteiger partial charge in [-0.3, -0.25) is 4.55 Å². The van der Waals surface area contributed by atoms with Crippen molar-refractivity contribution in [2.45, 2.75) is 4.90 Å². The zero-order valence-electron chi connectivity index (χ0n) is 9.97. The summed E-state index contributed by atoms with van der Waals surface area (Å²) in [7, 11) is -4.26. The first-order valence-electron chi connectivity index (χ1n) is 5.34. The first kappa shape index (κ1) is 15.8. The summed E-state index contributed by atoms with van der Waals surface area (Å²) in [6, 6.07) is 5.03. The Morgan fingerprint density at radius 2 is 1.47 bits per heavy atom. The first-order chi connectivity index (χ1) is 8.99. The highest BCUT2D eigenvalue weighted by molar-refractivity contribution is 7.85. The van der Waals surface area contributed by atoms with E-state index in [0.717, 1.165) is 5.23 Å². The minimum Gasteiger partial charge on any atom is -0.394 e. The SMILES string of the molecule is O=S(=O)(O)c1ccc(N(OCCO)OCCO)cc1. The van der Waals surface area contributed by atoms with Crippen LogP contribution < -0.4 is 5.23 Å². The predicted molar refractivity (Wildman–Crippen MR) is 64.8 cm³/mol. The van der Waals surface area contributed by atoms with Crippen molar-refractivity contribution < 1.29 is 32.9 Å². The van der Waals surface area contributed by atoms with Crippen LogP contribution in [0.4, 0.5) is 5.69 Å². The van der Waals surface area contributed by atoms with Crippen molar-refractivity contribution in [2.75, 3.05) is 31.7 Å². The second kappa shape index (κ2) is 7.38. The molecule has 0 saturated carbocycles. The fourth-order valence-electron chi connectivity index (χ4n) is 1.17. The fourth-order valence-corrected chi connectivity index (χ4v) is 1.65. The number of anilines is 1. The van der Waals surface area contributed by atoms with Gasteiger partial charge in [0.1, 0.15) is 13.2 Å². The summed E-state index contributed by atoms with van der Waals surface area (Å²) < 4.78 is 30.6. The van der Waals surface area contributed by atoms with Crippen LogP contribution in [0.5, 0.6) is 0 Å². The van der Waals surface area contributed by atoms with E-state index in [4.69, 9.17) is 24.4 Å². The molecule has 0 heterocycles. The van der Waals surface area contributed by atoms with Crippen molar-refractivity contribution in [2.24, 2.45) is 0 Å². The van der Waals surface area contributed by atoms with Gasteiger partial charge in [0, 0.05) is 0 Å². The third-order valence-corrected chi connectivity index (χ3v) is 2.81. The van der Waals surface area contributed by atoms with Gasteiger partial charge in [-0.2, -0.15) is 8.42 Å². The molecule has 9 heteroatoms. The first-order valence-corrected chi connectivity index (χ1v) is 6.78. The molecule has 0 radical (unpaired) electrons. The highest BCUT2D eigenvalue weighted by atomic mass is 32.2. The van der Waals surface area contributed by atoms with E-state index in [9.17, 15) is 8.42 Å². The third kappa shape index (κ3) is 5.11. The number of aliphatic hydroxyl groups is 2. The normalized spacial score (nSPS) is 11.5. The maximum absolute atomic E-state index is 10.9. The van der Waals surface area contributed by atoms with Crippen LogP contribution in [0.2, 0.25) is 0 Å². The van der Waals surface area contributed by atoms with Gasteiger partial charge >= 0.3 is 0 Å². The van der Waals surface area contributed by atoms with Crippen LogP contribution in [0.3, 0.4) is 0 Å². The van der Waals surface area contributed by atoms with Crippen LogP contribution in [0.25, 0.3) is 0 Å². The van der Waals surface area contributed by atoms with Crippen molar-refractivity contribution in [1.82, 2.24) is 0 Å². The summed E-state index contributed by atoms with van der Waals surface area (Å²) >= 11 is 0. The van der Waals surface area contributed by atoms with Crippen molar-refractivity contribution in [3.63, 3.8) is 0 Å². The van der Waals surface area contributed by atoms with Crippen molar-refractivity contribution >= 4 is 15.8 Å². The van der Waals surface area contributed by atoms with Gasteiger partial charge in [-0.15, -0.1) is 5.23 Å². The van der Waals surface area contributed by atoms with Crippen LogP contribution in [-0.4, -0.2) is 49.6 Å². The van der Waals surface area contributed by atoms with Gasteiger partial charge in [0.05, 0.1) is 23.8 Å². The molecule has 0 saturated heterocycles. The molecule has 0 aliphatic heterocycles. The summed E-state index contributed by atoms with van der Waals surface area (Å²) in [5.74, 6) is 0. The van der Waals surface area contributed by atoms with Crippen LogP contribution in [-0.2, 0) is 19.8 Å². The Balaban J connectivity index is 2.83. The molecule has 3 N–H and O–H groups in total. The monoisotopic (exact) mass is 293 g/mol. The largest absolute Gasteiger partial charge is 0.394 e. The molecule has 0 aromatic heterocycles. The molecular weight excluding hydrogens is 278 g/mol. The Hall–Kier alpha value is -1.23. The smallest absolute Gasteiger partial charge is 0.294 e. The molecule has 1 rings (SSSR count). The van der Waals surface area contributed by atoms with E-state index < -0.39 is 10.1 Å². The van der Waals surface area contributed by atoms with E-state index >= 15 is 0 Å². The Morgan fingerprint density at radius 3 is 1.84 bits per heavy atom. The number of nitrogens with zero attached hydrogens (tertiary/aromatic N) is 1. The minimum absolute atomic E-state index is 0.0362. The van der Waals surface area contributed by atoms with E-state index in [1.54, 1.807) is 0 Å². The van der Waals surface area contributed by atoms with Crippen LogP contribution in [0.1, 0.15) is 0 Å². The molecule has 0 unspecified atom stereocenters. The molecule has 0 fully saturated rings. The predicted octanol–water partition coefficient (Wildman–Crippen LogP) is -0.413. The topological polar surface area (TPSA) is 117 Å². The summed E-state index contributed by atoms with van der Waals surface area (Å²) in [5, 5.41) is 18.3. The maximum Gasteiger partial charge on any atom is 0.294 e. The molecule has 0 aliphatic carbocycles. The standard InChI is InChI=1S/C10H15NO7S/c12-5-7-17-11(18-8-6-13)9-1-3-10(4-2-9)19(14,15)16/h1-4,12-13H,5-8H2,(H,14,15,16). The molecule has 1 aromatic rings. The van der Waals surface area contributed by atoms with E-state index in [-0.39, 0.29) is 31.3 Å². The molecule has 19 heavy (non-hydrogen) atoms. The van der Waals surface area contributed by atoms with Crippen molar-refractivity contribution in [1.29, 1.82) is 0 Å². The molecule has 1 aromatic carbocycles. The Morgan fingerprint density at radius 1 is 1.00 bits per heavy atom. The van der Waals surface area contributed by atoms with Gasteiger partial charge < -0.3 is 10.2 Å². The number of hydrogen-bond acceptors (Lipinski definition) is 7. The van der Waals surface area contributed by atoms with Crippen molar-refractivity contribution in [3.8, 4) is 0 Å². The lowest BCUT2D eigenvalue weighted by atomic mass is 10.3. The number of benzene rings is 1. The molecule has 8 nitrogen and oxygen atoms in total. The zero-order chi connectivity index (χ0) is 14.3. The lowest BCUT2D eigenvalue weighted by molar-refractivity contribution is -0.103. The molecule has 0 atom stereocenters. The second-order valence-corrected chi connectivity index (χ2v) is 4.76. The molecule has 0 spiro atoms. The van der Waals surface area contributed by atoms with Gasteiger partial charge in [-0.1, -0.05) is 0 Å². The highest BCUT2D eigenvalue weighted by Gasteiger charge is 2.12. The van der Waals surface area contributed by atoms with Crippen LogP contribution in [0.15, 0.2) is 29.2 Å². The fraction of sp³-hybridized carbons (Fsp3) is 0.400. The van der Waals surface area contributed by atoms with E-state index in [2.05, 4.69) is 0 Å². The van der Waals surface area contributed by atoms with Gasteiger partial charge in [0.15, 0.2) is 0 Å². The highest BCUT2D eigenvalue weighted by Crippen LogP contribution is 2.18. The van der Waals surface area contributed by atoms with Gasteiger partial charge in [0.25, 0.3) is 10.1 Å². The van der Waals surface area contributed by atoms with E-state index in [1.807, 2.05) is 0 Å². The van der Waals surface area contributed by atoms with Crippen LogP contribution >= 0.6 is 0 Å². The Bertz CT molecular complexity index is 465. The van der Waals surface area contributed by atoms with Gasteiger partial charge in [-0.05, 0) is 24.3 Å². The molecule has 0 aliphatic rings.